The average Bonchev–Trinajstić information content (AvgIpc) is 3.00. The summed E-state index contributed by atoms with van der Waals surface area (Å²) in [7, 11) is -2.22. The number of rotatable bonds is 8. The third kappa shape index (κ3) is 4.80. The van der Waals surface area contributed by atoms with Crippen LogP contribution in [0.2, 0.25) is 5.02 Å². The fraction of sp³-hybridized carbons (Fsp3) is 0.471. The van der Waals surface area contributed by atoms with Crippen molar-refractivity contribution >= 4 is 39.7 Å². The van der Waals surface area contributed by atoms with Gasteiger partial charge in [-0.15, -0.1) is 0 Å². The summed E-state index contributed by atoms with van der Waals surface area (Å²) in [5.41, 5.74) is 0.106. The summed E-state index contributed by atoms with van der Waals surface area (Å²) in [6.45, 7) is 6.47. The van der Waals surface area contributed by atoms with E-state index in [1.165, 1.54) is 29.6 Å². The summed E-state index contributed by atoms with van der Waals surface area (Å²) >= 11 is 11.3. The van der Waals surface area contributed by atoms with Crippen molar-refractivity contribution in [3.8, 4) is 0 Å². The van der Waals surface area contributed by atoms with Crippen molar-refractivity contribution in [2.75, 3.05) is 13.6 Å². The zero-order chi connectivity index (χ0) is 21.1. The second-order valence-corrected chi connectivity index (χ2v) is 9.24. The first-order valence-corrected chi connectivity index (χ1v) is 11.0. The normalized spacial score (nSPS) is 12.0. The number of benzene rings is 1. The lowest BCUT2D eigenvalue weighted by molar-refractivity contribution is 0.0954. The van der Waals surface area contributed by atoms with E-state index in [1.54, 1.807) is 13.8 Å². The van der Waals surface area contributed by atoms with Gasteiger partial charge in [-0.05, 0) is 51.2 Å². The summed E-state index contributed by atoms with van der Waals surface area (Å²) in [5.74, 6) is 0.278. The van der Waals surface area contributed by atoms with Crippen molar-refractivity contribution in [1.82, 2.24) is 24.4 Å². The quantitative estimate of drug-likeness (QED) is 0.608. The van der Waals surface area contributed by atoms with Gasteiger partial charge in [-0.25, -0.2) is 8.42 Å². The zero-order valence-electron chi connectivity index (χ0n) is 16.2. The van der Waals surface area contributed by atoms with Crippen molar-refractivity contribution in [1.29, 1.82) is 0 Å². The number of carbonyl (C=O) groups is 1. The van der Waals surface area contributed by atoms with E-state index in [4.69, 9.17) is 23.8 Å². The van der Waals surface area contributed by atoms with Crippen LogP contribution in [0.1, 0.15) is 37.0 Å². The van der Waals surface area contributed by atoms with E-state index in [9.17, 15) is 13.2 Å². The van der Waals surface area contributed by atoms with Crippen LogP contribution in [-0.2, 0) is 23.0 Å². The summed E-state index contributed by atoms with van der Waals surface area (Å²) in [6.07, 6.45) is 0.471. The SMILES string of the molecule is CCn1c(CCNC(=O)c2cc(S(=O)(=O)N(C)C(C)C)ccc2Cl)n[nH]c1=S. The number of aromatic amines is 1. The Morgan fingerprint density at radius 1 is 1.43 bits per heavy atom. The first kappa shape index (κ1) is 22.5. The molecule has 1 aromatic carbocycles. The maximum Gasteiger partial charge on any atom is 0.252 e. The molecule has 0 fully saturated rings. The Hall–Kier alpha value is -1.75. The molecule has 0 atom stereocenters. The Kier molecular flexibility index (Phi) is 7.38. The van der Waals surface area contributed by atoms with Gasteiger partial charge in [0.25, 0.3) is 5.91 Å². The second kappa shape index (κ2) is 9.17. The van der Waals surface area contributed by atoms with Crippen molar-refractivity contribution < 1.29 is 13.2 Å². The van der Waals surface area contributed by atoms with Crippen molar-refractivity contribution in [2.45, 2.75) is 44.7 Å². The predicted octanol–water partition coefficient (Wildman–Crippen LogP) is 2.62. The van der Waals surface area contributed by atoms with E-state index in [0.717, 1.165) is 5.82 Å². The zero-order valence-corrected chi connectivity index (χ0v) is 18.6. The largest absolute Gasteiger partial charge is 0.352 e. The van der Waals surface area contributed by atoms with Gasteiger partial charge in [-0.2, -0.15) is 9.40 Å². The maximum atomic E-state index is 12.7. The molecule has 28 heavy (non-hydrogen) atoms. The molecule has 11 heteroatoms. The highest BCUT2D eigenvalue weighted by Gasteiger charge is 2.25. The molecule has 154 valence electrons. The number of sulfonamides is 1. The monoisotopic (exact) mass is 445 g/mol. The summed E-state index contributed by atoms with van der Waals surface area (Å²) in [4.78, 5) is 12.6. The molecular formula is C17H24ClN5O3S2. The summed E-state index contributed by atoms with van der Waals surface area (Å²) < 4.78 is 28.9. The molecule has 0 aliphatic carbocycles. The van der Waals surface area contributed by atoms with Crippen LogP contribution in [0.3, 0.4) is 0 Å². The van der Waals surface area contributed by atoms with Gasteiger partial charge in [0, 0.05) is 32.6 Å². The third-order valence-corrected chi connectivity index (χ3v) is 7.05. The fourth-order valence-corrected chi connectivity index (χ4v) is 4.41. The van der Waals surface area contributed by atoms with Gasteiger partial charge in [0.1, 0.15) is 5.82 Å². The Morgan fingerprint density at radius 3 is 2.71 bits per heavy atom. The Morgan fingerprint density at radius 2 is 2.11 bits per heavy atom. The number of nitrogens with one attached hydrogen (secondary N) is 2. The molecule has 0 unspecified atom stereocenters. The number of nitrogens with zero attached hydrogens (tertiary/aromatic N) is 3. The van der Waals surface area contributed by atoms with E-state index in [2.05, 4.69) is 15.5 Å². The molecule has 2 rings (SSSR count). The molecule has 0 spiro atoms. The van der Waals surface area contributed by atoms with Crippen LogP contribution in [0.25, 0.3) is 0 Å². The molecule has 0 aliphatic heterocycles. The van der Waals surface area contributed by atoms with Gasteiger partial charge in [0.2, 0.25) is 10.0 Å². The van der Waals surface area contributed by atoms with Crippen LogP contribution in [0.15, 0.2) is 23.1 Å². The Labute approximate surface area is 174 Å². The highest BCUT2D eigenvalue weighted by Crippen LogP contribution is 2.23. The van der Waals surface area contributed by atoms with Crippen LogP contribution in [0.5, 0.6) is 0 Å². The minimum absolute atomic E-state index is 0.0186. The predicted molar refractivity (Wildman–Crippen MR) is 111 cm³/mol. The van der Waals surface area contributed by atoms with E-state index < -0.39 is 15.9 Å². The molecule has 1 heterocycles. The molecule has 0 aliphatic rings. The van der Waals surface area contributed by atoms with Crippen LogP contribution in [0.4, 0.5) is 0 Å². The molecule has 8 nitrogen and oxygen atoms in total. The Bertz CT molecular complexity index is 1010. The molecule has 2 aromatic rings. The topological polar surface area (TPSA) is 100 Å². The summed E-state index contributed by atoms with van der Waals surface area (Å²) in [6, 6.07) is 3.89. The number of aromatic nitrogens is 3. The van der Waals surface area contributed by atoms with Crippen molar-refractivity contribution in [3.05, 3.63) is 39.4 Å². The molecular weight excluding hydrogens is 422 g/mol. The minimum Gasteiger partial charge on any atom is -0.352 e. The molecule has 1 aromatic heterocycles. The van der Waals surface area contributed by atoms with Crippen LogP contribution >= 0.6 is 23.8 Å². The van der Waals surface area contributed by atoms with Gasteiger partial charge in [0.15, 0.2) is 4.77 Å². The van der Waals surface area contributed by atoms with E-state index in [0.29, 0.717) is 24.3 Å². The van der Waals surface area contributed by atoms with Crippen LogP contribution in [-0.4, -0.2) is 53.0 Å². The number of amides is 1. The van der Waals surface area contributed by atoms with Crippen molar-refractivity contribution in [2.24, 2.45) is 0 Å². The minimum atomic E-state index is -3.72. The highest BCUT2D eigenvalue weighted by molar-refractivity contribution is 7.89. The van der Waals surface area contributed by atoms with Crippen molar-refractivity contribution in [3.63, 3.8) is 0 Å². The van der Waals surface area contributed by atoms with Gasteiger partial charge >= 0.3 is 0 Å². The van der Waals surface area contributed by atoms with Gasteiger partial charge in [-0.3, -0.25) is 9.89 Å². The average molecular weight is 446 g/mol. The molecule has 2 N–H and O–H groups in total. The number of hydrogen-bond donors (Lipinski definition) is 2. The first-order chi connectivity index (χ1) is 13.1. The number of carbonyl (C=O) groups excluding carboxylic acids is 1. The lowest BCUT2D eigenvalue weighted by atomic mass is 10.2. The third-order valence-electron chi connectivity index (χ3n) is 4.37. The van der Waals surface area contributed by atoms with Crippen LogP contribution in [0, 0.1) is 4.77 Å². The molecule has 0 radical (unpaired) electrons. The summed E-state index contributed by atoms with van der Waals surface area (Å²) in [5, 5.41) is 9.79. The number of H-pyrrole nitrogens is 1. The van der Waals surface area contributed by atoms with E-state index in [1.807, 2.05) is 11.5 Å². The van der Waals surface area contributed by atoms with E-state index in [-0.39, 0.29) is 21.5 Å². The lowest BCUT2D eigenvalue weighted by Gasteiger charge is -2.21. The lowest BCUT2D eigenvalue weighted by Crippen LogP contribution is -2.33. The number of hydrogen-bond acceptors (Lipinski definition) is 5. The smallest absolute Gasteiger partial charge is 0.252 e. The van der Waals surface area contributed by atoms with Gasteiger partial charge in [-0.1, -0.05) is 11.6 Å². The van der Waals surface area contributed by atoms with E-state index >= 15 is 0 Å². The van der Waals surface area contributed by atoms with Gasteiger partial charge in [0.05, 0.1) is 15.5 Å². The van der Waals surface area contributed by atoms with Gasteiger partial charge < -0.3 is 9.88 Å². The molecule has 0 saturated heterocycles. The first-order valence-electron chi connectivity index (χ1n) is 8.79. The number of halogens is 1. The molecule has 0 bridgehead atoms. The Balaban J connectivity index is 2.16. The maximum absolute atomic E-state index is 12.7. The van der Waals surface area contributed by atoms with Crippen LogP contribution < -0.4 is 5.32 Å². The second-order valence-electron chi connectivity index (χ2n) is 6.45. The molecule has 1 amide bonds. The standard InChI is InChI=1S/C17H24ClN5O3S2/c1-5-23-15(20-21-17(23)27)8-9-19-16(24)13-10-12(6-7-14(13)18)28(25,26)22(4)11(2)3/h6-7,10-11H,5,8-9H2,1-4H3,(H,19,24)(H,21,27). The highest BCUT2D eigenvalue weighted by atomic mass is 35.5. The fourth-order valence-electron chi connectivity index (χ4n) is 2.53. The molecule has 0 saturated carbocycles.